The molecule has 0 aliphatic rings. The van der Waals surface area contributed by atoms with E-state index in [1.54, 1.807) is 0 Å². The normalized spacial score (nSPS) is 12.0. The van der Waals surface area contributed by atoms with Gasteiger partial charge in [0.2, 0.25) is 0 Å². The van der Waals surface area contributed by atoms with Gasteiger partial charge in [-0.05, 0) is 122 Å². The van der Waals surface area contributed by atoms with Gasteiger partial charge in [-0.15, -0.1) is 0 Å². The highest BCUT2D eigenvalue weighted by Gasteiger charge is 2.19. The molecule has 0 amide bonds. The van der Waals surface area contributed by atoms with Crippen molar-refractivity contribution in [3.63, 3.8) is 0 Å². The summed E-state index contributed by atoms with van der Waals surface area (Å²) in [4.78, 5) is 0. The van der Waals surface area contributed by atoms with Crippen LogP contribution in [0, 0.1) is 6.92 Å². The molecule has 16 rings (SSSR count). The van der Waals surface area contributed by atoms with Crippen LogP contribution in [-0.4, -0.2) is 22.8 Å². The Balaban J connectivity index is 0.000000132. The van der Waals surface area contributed by atoms with Crippen LogP contribution in [0.15, 0.2) is 249 Å². The lowest BCUT2D eigenvalue weighted by atomic mass is 10.1. The fraction of sp³-hybridized carbons (Fsp3) is 0.0294. The van der Waals surface area contributed by atoms with E-state index in [0.29, 0.717) is 0 Å². The monoisotopic (exact) mass is 933 g/mol. The van der Waals surface area contributed by atoms with Gasteiger partial charge < -0.3 is 22.8 Å². The standard InChI is InChI=1S/C37H25N3.C31H22N2/c1-38-32-20-18-24(39-34-14-6-2-10-26(34)27-11-3-7-15-35(27)39)22-30(32)31-23-25(19-21-33(31)38)40-36-16-8-4-12-28(36)29-13-5-9-17-37(29)40;1-21-15-17-30-26(19-21)24-11-5-8-14-29(24)33(30)23-16-18-31-27(20-23)25-12-6-7-13-28(25)32(31)22-9-3-2-4-10-22/h2-23H,1H3;2-20H,1H3. The summed E-state index contributed by atoms with van der Waals surface area (Å²) >= 11 is 0. The lowest BCUT2D eigenvalue weighted by Crippen LogP contribution is -1.95. The van der Waals surface area contributed by atoms with Crippen LogP contribution < -0.4 is 0 Å². The minimum Gasteiger partial charge on any atom is -0.344 e. The van der Waals surface area contributed by atoms with E-state index in [1.165, 1.54) is 137 Å². The summed E-state index contributed by atoms with van der Waals surface area (Å²) in [5.41, 5.74) is 18.3. The average molecular weight is 934 g/mol. The van der Waals surface area contributed by atoms with E-state index in [2.05, 4.69) is 286 Å². The van der Waals surface area contributed by atoms with Gasteiger partial charge >= 0.3 is 0 Å². The number of benzene rings is 11. The Labute approximate surface area is 420 Å². The highest BCUT2D eigenvalue weighted by molar-refractivity contribution is 6.15. The van der Waals surface area contributed by atoms with E-state index in [4.69, 9.17) is 0 Å². The lowest BCUT2D eigenvalue weighted by Gasteiger charge is -2.10. The molecule has 5 nitrogen and oxygen atoms in total. The highest BCUT2D eigenvalue weighted by Crippen LogP contribution is 2.40. The second-order valence-electron chi connectivity index (χ2n) is 19.5. The number of nitrogens with zero attached hydrogens (tertiary/aromatic N) is 5. The summed E-state index contributed by atoms with van der Waals surface area (Å²) in [6.07, 6.45) is 0. The number of aryl methyl sites for hydroxylation is 2. The molecular weight excluding hydrogens is 887 g/mol. The zero-order valence-corrected chi connectivity index (χ0v) is 40.4. The van der Waals surface area contributed by atoms with Crippen molar-refractivity contribution in [2.45, 2.75) is 6.92 Å². The summed E-state index contributed by atoms with van der Waals surface area (Å²) in [6.45, 7) is 2.16. The molecule has 0 radical (unpaired) electrons. The fourth-order valence-corrected chi connectivity index (χ4v) is 12.2. The van der Waals surface area contributed by atoms with Gasteiger partial charge in [-0.2, -0.15) is 0 Å². The van der Waals surface area contributed by atoms with Crippen molar-refractivity contribution >= 4 is 109 Å². The van der Waals surface area contributed by atoms with Crippen molar-refractivity contribution in [3.8, 4) is 22.7 Å². The minimum atomic E-state index is 1.18. The first kappa shape index (κ1) is 41.2. The third kappa shape index (κ3) is 6.15. The molecule has 0 N–H and O–H groups in total. The maximum Gasteiger partial charge on any atom is 0.0542 e. The maximum absolute atomic E-state index is 2.40. The molecule has 16 aromatic rings. The van der Waals surface area contributed by atoms with E-state index in [1.807, 2.05) is 0 Å². The number of rotatable bonds is 4. The van der Waals surface area contributed by atoms with E-state index in [9.17, 15) is 0 Å². The van der Waals surface area contributed by atoms with Crippen LogP contribution >= 0.6 is 0 Å². The number of aromatic nitrogens is 5. The maximum atomic E-state index is 2.40. The summed E-state index contributed by atoms with van der Waals surface area (Å²) in [5.74, 6) is 0. The molecule has 11 aromatic carbocycles. The summed E-state index contributed by atoms with van der Waals surface area (Å²) in [5, 5.41) is 12.8. The third-order valence-electron chi connectivity index (χ3n) is 15.4. The third-order valence-corrected chi connectivity index (χ3v) is 15.4. The smallest absolute Gasteiger partial charge is 0.0542 e. The van der Waals surface area contributed by atoms with Crippen LogP contribution in [0.3, 0.4) is 0 Å². The Hall–Kier alpha value is -9.58. The van der Waals surface area contributed by atoms with E-state index >= 15 is 0 Å². The zero-order valence-electron chi connectivity index (χ0n) is 40.4. The first-order chi connectivity index (χ1) is 36.1. The van der Waals surface area contributed by atoms with E-state index < -0.39 is 0 Å². The van der Waals surface area contributed by atoms with Gasteiger partial charge in [0.1, 0.15) is 0 Å². The molecule has 0 spiro atoms. The van der Waals surface area contributed by atoms with Crippen LogP contribution in [0.25, 0.3) is 132 Å². The quantitative estimate of drug-likeness (QED) is 0.168. The van der Waals surface area contributed by atoms with Crippen molar-refractivity contribution in [2.24, 2.45) is 7.05 Å². The van der Waals surface area contributed by atoms with Crippen molar-refractivity contribution in [1.82, 2.24) is 22.8 Å². The summed E-state index contributed by atoms with van der Waals surface area (Å²) < 4.78 is 11.9. The van der Waals surface area contributed by atoms with Crippen molar-refractivity contribution in [1.29, 1.82) is 0 Å². The van der Waals surface area contributed by atoms with Gasteiger partial charge in [-0.1, -0.05) is 139 Å². The molecule has 0 bridgehead atoms. The molecule has 344 valence electrons. The Bertz CT molecular complexity index is 4600. The molecule has 5 aromatic heterocycles. The van der Waals surface area contributed by atoms with Crippen LogP contribution in [0.4, 0.5) is 0 Å². The second-order valence-corrected chi connectivity index (χ2v) is 19.5. The Morgan fingerprint density at radius 2 is 0.466 bits per heavy atom. The molecule has 0 aliphatic heterocycles. The topological polar surface area (TPSA) is 24.6 Å². The minimum absolute atomic E-state index is 1.18. The van der Waals surface area contributed by atoms with Gasteiger partial charge in [0.05, 0.1) is 44.1 Å². The SMILES string of the molecule is Cc1ccc2c(c1)c1ccccc1n2-c1ccc2c(c1)c1ccccc1n2-c1ccccc1.Cn1c2ccc(-n3c4ccccc4c4ccccc43)cc2c2cc(-n3c4ccccc4c4ccccc43)ccc21. The Morgan fingerprint density at radius 3 is 0.849 bits per heavy atom. The zero-order chi connectivity index (χ0) is 48.3. The number of hydrogen-bond donors (Lipinski definition) is 0. The molecule has 0 aliphatic carbocycles. The van der Waals surface area contributed by atoms with Crippen molar-refractivity contribution < 1.29 is 0 Å². The lowest BCUT2D eigenvalue weighted by molar-refractivity contribution is 1.01. The number of para-hydroxylation sites is 7. The molecule has 5 heterocycles. The summed E-state index contributed by atoms with van der Waals surface area (Å²) in [6, 6.07) is 90.3. The molecule has 0 unspecified atom stereocenters. The van der Waals surface area contributed by atoms with Crippen LogP contribution in [-0.2, 0) is 7.05 Å². The molecule has 73 heavy (non-hydrogen) atoms. The van der Waals surface area contributed by atoms with Crippen LogP contribution in [0.2, 0.25) is 0 Å². The van der Waals surface area contributed by atoms with Gasteiger partial charge in [0.15, 0.2) is 0 Å². The second kappa shape index (κ2) is 16.0. The van der Waals surface area contributed by atoms with Gasteiger partial charge in [-0.25, -0.2) is 0 Å². The highest BCUT2D eigenvalue weighted by atomic mass is 15.0. The molecule has 0 saturated heterocycles. The Kier molecular flexibility index (Phi) is 9.02. The van der Waals surface area contributed by atoms with Gasteiger partial charge in [-0.3, -0.25) is 0 Å². The van der Waals surface area contributed by atoms with Gasteiger partial charge in [0, 0.05) is 94.7 Å². The number of fused-ring (bicyclic) bond motifs is 15. The number of hydrogen-bond acceptors (Lipinski definition) is 0. The predicted molar refractivity (Wildman–Crippen MR) is 309 cm³/mol. The first-order valence-corrected chi connectivity index (χ1v) is 25.2. The van der Waals surface area contributed by atoms with Crippen LogP contribution in [0.5, 0.6) is 0 Å². The first-order valence-electron chi connectivity index (χ1n) is 25.2. The Morgan fingerprint density at radius 1 is 0.205 bits per heavy atom. The van der Waals surface area contributed by atoms with Crippen molar-refractivity contribution in [2.75, 3.05) is 0 Å². The largest absolute Gasteiger partial charge is 0.344 e. The molecule has 0 fully saturated rings. The average Bonchev–Trinajstić information content (AvgIpc) is 4.23. The summed E-state index contributed by atoms with van der Waals surface area (Å²) in [7, 11) is 2.17. The molecule has 0 saturated carbocycles. The predicted octanol–water partition coefficient (Wildman–Crippen LogP) is 17.7. The fourth-order valence-electron chi connectivity index (χ4n) is 12.2. The van der Waals surface area contributed by atoms with Gasteiger partial charge in [0.25, 0.3) is 0 Å². The van der Waals surface area contributed by atoms with Crippen molar-refractivity contribution in [3.05, 3.63) is 254 Å². The van der Waals surface area contributed by atoms with E-state index in [0.717, 1.165) is 0 Å². The molecular formula is C68H47N5. The van der Waals surface area contributed by atoms with Crippen LogP contribution in [0.1, 0.15) is 5.56 Å². The molecule has 5 heteroatoms. The van der Waals surface area contributed by atoms with E-state index in [-0.39, 0.29) is 0 Å². The molecule has 0 atom stereocenters.